The minimum Gasteiger partial charge on any atom is -0.760 e. The van der Waals surface area contributed by atoms with Crippen LogP contribution in [0.4, 0.5) is 0 Å². The van der Waals surface area contributed by atoms with E-state index in [1.165, 1.54) is 0 Å². The lowest BCUT2D eigenvalue weighted by molar-refractivity contribution is 0.0571. The van der Waals surface area contributed by atoms with Gasteiger partial charge in [0.2, 0.25) is 5.75 Å². The Morgan fingerprint density at radius 1 is 0.795 bits per heavy atom. The number of benzene rings is 4. The Morgan fingerprint density at radius 2 is 1.20 bits per heavy atom. The summed E-state index contributed by atoms with van der Waals surface area (Å²) >= 11 is -2.36. The summed E-state index contributed by atoms with van der Waals surface area (Å²) in [4.78, 5) is 17.9. The van der Waals surface area contributed by atoms with Gasteiger partial charge in [-0.2, -0.15) is 0 Å². The highest BCUT2D eigenvalue weighted by atomic mass is 32.2. The first-order valence-electron chi connectivity index (χ1n) is 14.3. The number of ether oxygens (including phenoxy) is 3. The first-order chi connectivity index (χ1) is 21.3. The number of rotatable bonds is 10. The molecule has 0 aromatic heterocycles. The molecule has 0 radical (unpaired) electrons. The van der Waals surface area contributed by atoms with E-state index in [1.54, 1.807) is 12.1 Å². The maximum atomic E-state index is 13.8. The third-order valence-electron chi connectivity index (χ3n) is 7.21. The molecule has 1 heterocycles. The van der Waals surface area contributed by atoms with Gasteiger partial charge in [0.1, 0.15) is 19.8 Å². The molecule has 44 heavy (non-hydrogen) atoms. The van der Waals surface area contributed by atoms with Crippen molar-refractivity contribution in [2.45, 2.75) is 32.8 Å². The second-order valence-electron chi connectivity index (χ2n) is 10.5. The predicted octanol–water partition coefficient (Wildman–Crippen LogP) is 4.94. The molecule has 2 unspecified atom stereocenters. The molecule has 1 fully saturated rings. The van der Waals surface area contributed by atoms with Gasteiger partial charge in [0.25, 0.3) is 5.91 Å². The Balaban J connectivity index is 0.00000104. The molecule has 0 spiro atoms. The second kappa shape index (κ2) is 16.6. The van der Waals surface area contributed by atoms with E-state index in [0.717, 1.165) is 23.2 Å². The summed E-state index contributed by atoms with van der Waals surface area (Å²) in [6.07, 6.45) is 0. The van der Waals surface area contributed by atoms with Crippen molar-refractivity contribution >= 4 is 17.2 Å². The van der Waals surface area contributed by atoms with Crippen molar-refractivity contribution in [1.82, 2.24) is 9.80 Å². The van der Waals surface area contributed by atoms with Crippen molar-refractivity contribution in [3.8, 4) is 17.2 Å². The summed E-state index contributed by atoms with van der Waals surface area (Å²) in [5, 5.41) is 4.03. The smallest absolute Gasteiger partial charge is 0.254 e. The average molecular weight is 617 g/mol. The lowest BCUT2D eigenvalue weighted by Gasteiger charge is -2.37. The van der Waals surface area contributed by atoms with Gasteiger partial charge >= 0.3 is 0 Å². The second-order valence-corrected chi connectivity index (χ2v) is 11.0. The number of amides is 1. The molecule has 0 aliphatic carbocycles. The van der Waals surface area contributed by atoms with Gasteiger partial charge in [-0.15, -0.1) is 0 Å². The zero-order valence-electron chi connectivity index (χ0n) is 25.0. The zero-order chi connectivity index (χ0) is 31.3. The van der Waals surface area contributed by atoms with Crippen molar-refractivity contribution in [2.24, 2.45) is 5.14 Å². The van der Waals surface area contributed by atoms with Crippen LogP contribution in [0.15, 0.2) is 103 Å². The van der Waals surface area contributed by atoms with Crippen molar-refractivity contribution < 1.29 is 27.8 Å². The van der Waals surface area contributed by atoms with Gasteiger partial charge < -0.3 is 28.6 Å². The molecule has 9 nitrogen and oxygen atoms in total. The van der Waals surface area contributed by atoms with Gasteiger partial charge in [-0.25, -0.2) is 0 Å². The van der Waals surface area contributed by atoms with Crippen LogP contribution in [0.25, 0.3) is 0 Å². The fourth-order valence-corrected chi connectivity index (χ4v) is 4.67. The van der Waals surface area contributed by atoms with E-state index >= 15 is 0 Å². The van der Waals surface area contributed by atoms with Gasteiger partial charge in [-0.05, 0) is 42.8 Å². The zero-order valence-corrected chi connectivity index (χ0v) is 25.8. The predicted molar refractivity (Wildman–Crippen MR) is 170 cm³/mol. The third-order valence-corrected chi connectivity index (χ3v) is 7.21. The highest BCUT2D eigenvalue weighted by Crippen LogP contribution is 2.41. The van der Waals surface area contributed by atoms with Crippen molar-refractivity contribution in [3.63, 3.8) is 0 Å². The number of carbonyl (C=O) groups excluding carboxylic acids is 1. The Labute approximate surface area is 261 Å². The first kappa shape index (κ1) is 32.7. The lowest BCUT2D eigenvalue weighted by atomic mass is 10.1. The van der Waals surface area contributed by atoms with Gasteiger partial charge in [0, 0.05) is 42.5 Å². The van der Waals surface area contributed by atoms with Crippen LogP contribution in [0.2, 0.25) is 0 Å². The van der Waals surface area contributed by atoms with Crippen LogP contribution in [0.3, 0.4) is 0 Å². The number of piperazine rings is 1. The molecule has 2 N–H and O–H groups in total. The molecule has 5 rings (SSSR count). The topological polar surface area (TPSA) is 117 Å². The van der Waals surface area contributed by atoms with Crippen LogP contribution in [0, 0.1) is 0 Å². The normalized spacial score (nSPS) is 15.5. The number of likely N-dealkylation sites (N-methyl/N-ethyl adjacent to an activating group) is 1. The molecular weight excluding hydrogens is 578 g/mol. The molecule has 4 aromatic rings. The Hall–Kier alpha value is -4.22. The Morgan fingerprint density at radius 3 is 1.61 bits per heavy atom. The molecule has 1 amide bonds. The maximum absolute atomic E-state index is 13.8. The summed E-state index contributed by atoms with van der Waals surface area (Å²) < 4.78 is 36.6. The summed E-state index contributed by atoms with van der Waals surface area (Å²) in [6, 6.07) is 33.8. The molecule has 2 atom stereocenters. The lowest BCUT2D eigenvalue weighted by Crippen LogP contribution is -2.52. The minimum absolute atomic E-state index is 0.0383. The van der Waals surface area contributed by atoms with Crippen molar-refractivity contribution in [2.75, 3.05) is 26.7 Å². The molecule has 232 valence electrons. The average Bonchev–Trinajstić information content (AvgIpc) is 3.04. The van der Waals surface area contributed by atoms with Crippen LogP contribution in [0.1, 0.15) is 34.0 Å². The fraction of sp³-hybridized carbons (Fsp3) is 0.265. The summed E-state index contributed by atoms with van der Waals surface area (Å²) in [6.45, 7) is 5.33. The summed E-state index contributed by atoms with van der Waals surface area (Å²) in [5.74, 6) is 1.41. The number of hydrogen-bond donors (Lipinski definition) is 1. The van der Waals surface area contributed by atoms with Gasteiger partial charge in [-0.3, -0.25) is 14.1 Å². The van der Waals surface area contributed by atoms with E-state index in [0.29, 0.717) is 55.7 Å². The highest BCUT2D eigenvalue weighted by molar-refractivity contribution is 7.76. The van der Waals surface area contributed by atoms with Crippen molar-refractivity contribution in [1.29, 1.82) is 0 Å². The van der Waals surface area contributed by atoms with E-state index in [2.05, 4.69) is 24.0 Å². The number of hydrogen-bond acceptors (Lipinski definition) is 7. The monoisotopic (exact) mass is 616 g/mol. The van der Waals surface area contributed by atoms with Crippen molar-refractivity contribution in [3.05, 3.63) is 125 Å². The van der Waals surface area contributed by atoms with Crippen LogP contribution in [-0.4, -0.2) is 57.2 Å². The number of nitrogens with zero attached hydrogens (tertiary/aromatic N) is 2. The maximum Gasteiger partial charge on any atom is 0.254 e. The molecule has 4 aromatic carbocycles. The van der Waals surface area contributed by atoms with Gasteiger partial charge in [0.15, 0.2) is 11.5 Å². The number of carbonyl (C=O) groups is 1. The summed E-state index contributed by atoms with van der Waals surface area (Å²) in [7, 11) is 2.09. The number of nitrogens with two attached hydrogens (primary N) is 1. The molecule has 1 aliphatic heterocycles. The van der Waals surface area contributed by atoms with E-state index in [9.17, 15) is 4.79 Å². The van der Waals surface area contributed by atoms with E-state index in [1.807, 2.05) is 95.9 Å². The third kappa shape index (κ3) is 9.92. The van der Waals surface area contributed by atoms with Crippen LogP contribution >= 0.6 is 0 Å². The molecule has 1 aliphatic rings. The Bertz CT molecular complexity index is 1420. The standard InChI is InChI=1S/C34H36N2O4.H3NO2S/c1-26-22-36(19-18-35(26)2)34(37)30-20-31(38-23-27-12-6-3-7-13-27)33(40-25-29-16-10-5-11-17-29)32(21-30)39-24-28-14-8-4-9-15-28;1-4(2)3/h3-17,20-21,26H,18-19,22-25H2,1-2H3;1H2,(H,2,3)/p-1. The quantitative estimate of drug-likeness (QED) is 0.251. The highest BCUT2D eigenvalue weighted by Gasteiger charge is 2.27. The van der Waals surface area contributed by atoms with E-state index in [4.69, 9.17) is 23.0 Å². The Kier molecular flexibility index (Phi) is 12.3. The SMILES string of the molecule is CC1CN(C(=O)c2cc(OCc3ccccc3)c(OCc3ccccc3)c(OCc3ccccc3)c2)CCN1C.NS(=O)[O-]. The molecule has 0 saturated carbocycles. The molecule has 10 heteroatoms. The molecule has 1 saturated heterocycles. The fourth-order valence-electron chi connectivity index (χ4n) is 4.67. The van der Waals surface area contributed by atoms with E-state index in [-0.39, 0.29) is 11.9 Å². The first-order valence-corrected chi connectivity index (χ1v) is 15.5. The van der Waals surface area contributed by atoms with Crippen LogP contribution < -0.4 is 19.3 Å². The summed E-state index contributed by atoms with van der Waals surface area (Å²) in [5.41, 5.74) is 3.59. The molecule has 0 bridgehead atoms. The van der Waals surface area contributed by atoms with Crippen LogP contribution in [-0.2, 0) is 31.1 Å². The minimum atomic E-state index is -2.36. The largest absolute Gasteiger partial charge is 0.760 e. The van der Waals surface area contributed by atoms with Crippen LogP contribution in [0.5, 0.6) is 17.2 Å². The van der Waals surface area contributed by atoms with E-state index < -0.39 is 11.3 Å². The molecular formula is C34H38N3O6S-. The van der Waals surface area contributed by atoms with Gasteiger partial charge in [-0.1, -0.05) is 91.0 Å². The van der Waals surface area contributed by atoms with Gasteiger partial charge in [0.05, 0.1) is 0 Å².